The fourth-order valence-corrected chi connectivity index (χ4v) is 1.43. The summed E-state index contributed by atoms with van der Waals surface area (Å²) in [7, 11) is 0. The van der Waals surface area contributed by atoms with Gasteiger partial charge >= 0.3 is 0 Å². The van der Waals surface area contributed by atoms with E-state index in [9.17, 15) is 0 Å². The number of nitriles is 1. The van der Waals surface area contributed by atoms with Gasteiger partial charge in [-0.05, 0) is 37.5 Å². The number of benzene rings is 1. The number of hydrogen-bond donors (Lipinski definition) is 3. The number of aliphatic hydroxyl groups is 1. The van der Waals surface area contributed by atoms with Crippen molar-refractivity contribution in [2.24, 2.45) is 0 Å². The third-order valence-corrected chi connectivity index (χ3v) is 2.33. The molecule has 0 atom stereocenters. The molecule has 0 spiro atoms. The lowest BCUT2D eigenvalue weighted by molar-refractivity contribution is 0.283. The van der Waals surface area contributed by atoms with E-state index in [2.05, 4.69) is 5.32 Å². The summed E-state index contributed by atoms with van der Waals surface area (Å²) in [6.45, 7) is 1.08. The Morgan fingerprint density at radius 3 is 2.75 bits per heavy atom. The SMILES string of the molecule is N#Cc1ccc(NCCCCCO)c(N)c1. The molecule has 1 rings (SSSR count). The third-order valence-electron chi connectivity index (χ3n) is 2.33. The average Bonchev–Trinajstić information content (AvgIpc) is 2.30. The van der Waals surface area contributed by atoms with Crippen LogP contribution >= 0.6 is 0 Å². The van der Waals surface area contributed by atoms with Crippen molar-refractivity contribution < 1.29 is 5.11 Å². The number of hydrogen-bond acceptors (Lipinski definition) is 4. The molecule has 4 N–H and O–H groups in total. The van der Waals surface area contributed by atoms with E-state index >= 15 is 0 Å². The van der Waals surface area contributed by atoms with Gasteiger partial charge in [0.2, 0.25) is 0 Å². The highest BCUT2D eigenvalue weighted by molar-refractivity contribution is 5.68. The van der Waals surface area contributed by atoms with Crippen molar-refractivity contribution in [1.29, 1.82) is 5.26 Å². The number of anilines is 2. The molecule has 0 amide bonds. The lowest BCUT2D eigenvalue weighted by atomic mass is 10.2. The molecule has 0 aliphatic heterocycles. The summed E-state index contributed by atoms with van der Waals surface area (Å²) in [5, 5.41) is 20.5. The standard InChI is InChI=1S/C12H17N3O/c13-9-10-4-5-12(11(14)8-10)15-6-2-1-3-7-16/h4-5,8,15-16H,1-3,6-7,14H2. The van der Waals surface area contributed by atoms with Crippen molar-refractivity contribution in [2.45, 2.75) is 19.3 Å². The summed E-state index contributed by atoms with van der Waals surface area (Å²) < 4.78 is 0. The predicted octanol–water partition coefficient (Wildman–Crippen LogP) is 1.71. The second-order valence-electron chi connectivity index (χ2n) is 3.62. The van der Waals surface area contributed by atoms with Gasteiger partial charge in [-0.1, -0.05) is 0 Å². The Hall–Kier alpha value is -1.73. The number of unbranched alkanes of at least 4 members (excludes halogenated alkanes) is 2. The van der Waals surface area contributed by atoms with Crippen LogP contribution in [0.2, 0.25) is 0 Å². The van der Waals surface area contributed by atoms with Gasteiger partial charge in [0.25, 0.3) is 0 Å². The fourth-order valence-electron chi connectivity index (χ4n) is 1.43. The zero-order chi connectivity index (χ0) is 11.8. The molecule has 4 heteroatoms. The average molecular weight is 219 g/mol. The Labute approximate surface area is 95.7 Å². The number of nitrogens with two attached hydrogens (primary N) is 1. The van der Waals surface area contributed by atoms with Crippen LogP contribution in [0.4, 0.5) is 11.4 Å². The zero-order valence-electron chi connectivity index (χ0n) is 9.24. The largest absolute Gasteiger partial charge is 0.397 e. The van der Waals surface area contributed by atoms with E-state index in [1.54, 1.807) is 12.1 Å². The van der Waals surface area contributed by atoms with E-state index in [0.717, 1.165) is 31.5 Å². The van der Waals surface area contributed by atoms with Crippen molar-refractivity contribution in [1.82, 2.24) is 0 Å². The van der Waals surface area contributed by atoms with Crippen LogP contribution in [0.1, 0.15) is 24.8 Å². The molecule has 0 fully saturated rings. The second kappa shape index (κ2) is 6.70. The van der Waals surface area contributed by atoms with E-state index in [1.165, 1.54) is 0 Å². The smallest absolute Gasteiger partial charge is 0.0992 e. The summed E-state index contributed by atoms with van der Waals surface area (Å²) >= 11 is 0. The van der Waals surface area contributed by atoms with Gasteiger partial charge in [0.15, 0.2) is 0 Å². The Morgan fingerprint density at radius 1 is 1.31 bits per heavy atom. The fraction of sp³-hybridized carbons (Fsp3) is 0.417. The number of nitrogens with one attached hydrogen (secondary N) is 1. The normalized spacial score (nSPS) is 9.75. The number of rotatable bonds is 6. The maximum Gasteiger partial charge on any atom is 0.0992 e. The third kappa shape index (κ3) is 3.79. The van der Waals surface area contributed by atoms with E-state index in [4.69, 9.17) is 16.1 Å². The molecular formula is C12H17N3O. The van der Waals surface area contributed by atoms with Gasteiger partial charge in [-0.15, -0.1) is 0 Å². The molecule has 0 aliphatic carbocycles. The molecule has 0 heterocycles. The minimum atomic E-state index is 0.249. The Morgan fingerprint density at radius 2 is 2.12 bits per heavy atom. The van der Waals surface area contributed by atoms with Crippen LogP contribution in [0.3, 0.4) is 0 Å². The van der Waals surface area contributed by atoms with Crippen molar-refractivity contribution in [3.8, 4) is 6.07 Å². The van der Waals surface area contributed by atoms with Crippen LogP contribution in [0.15, 0.2) is 18.2 Å². The molecular weight excluding hydrogens is 202 g/mol. The molecule has 4 nitrogen and oxygen atoms in total. The predicted molar refractivity (Wildman–Crippen MR) is 65.0 cm³/mol. The van der Waals surface area contributed by atoms with Crippen molar-refractivity contribution in [3.63, 3.8) is 0 Å². The topological polar surface area (TPSA) is 82.1 Å². The number of nitrogens with zero attached hydrogens (tertiary/aromatic N) is 1. The monoisotopic (exact) mass is 219 g/mol. The second-order valence-corrected chi connectivity index (χ2v) is 3.62. The Balaban J connectivity index is 2.40. The van der Waals surface area contributed by atoms with Gasteiger partial charge in [0.1, 0.15) is 0 Å². The maximum atomic E-state index is 8.68. The Kier molecular flexibility index (Phi) is 5.17. The lowest BCUT2D eigenvalue weighted by Gasteiger charge is -2.08. The van der Waals surface area contributed by atoms with Crippen LogP contribution in [0.5, 0.6) is 0 Å². The van der Waals surface area contributed by atoms with Gasteiger partial charge in [0, 0.05) is 13.2 Å². The molecule has 0 saturated carbocycles. The van der Waals surface area contributed by atoms with E-state index in [-0.39, 0.29) is 6.61 Å². The molecule has 0 aromatic heterocycles. The number of aliphatic hydroxyl groups excluding tert-OH is 1. The van der Waals surface area contributed by atoms with Gasteiger partial charge < -0.3 is 16.2 Å². The molecule has 0 bridgehead atoms. The lowest BCUT2D eigenvalue weighted by Crippen LogP contribution is -2.04. The first-order valence-electron chi connectivity index (χ1n) is 5.42. The summed E-state index contributed by atoms with van der Waals surface area (Å²) in [6.07, 6.45) is 2.84. The van der Waals surface area contributed by atoms with E-state index < -0.39 is 0 Å². The molecule has 0 aliphatic rings. The zero-order valence-corrected chi connectivity index (χ0v) is 9.24. The van der Waals surface area contributed by atoms with Crippen LogP contribution in [-0.4, -0.2) is 18.3 Å². The quantitative estimate of drug-likeness (QED) is 0.502. The number of nitrogen functional groups attached to an aromatic ring is 1. The van der Waals surface area contributed by atoms with Crippen LogP contribution < -0.4 is 11.1 Å². The highest BCUT2D eigenvalue weighted by Gasteiger charge is 1.99. The van der Waals surface area contributed by atoms with Crippen LogP contribution in [0.25, 0.3) is 0 Å². The van der Waals surface area contributed by atoms with Crippen LogP contribution in [0, 0.1) is 11.3 Å². The van der Waals surface area contributed by atoms with Gasteiger partial charge in [-0.2, -0.15) is 5.26 Å². The Bertz CT molecular complexity index is 371. The molecule has 16 heavy (non-hydrogen) atoms. The first-order valence-corrected chi connectivity index (χ1v) is 5.42. The first-order chi connectivity index (χ1) is 7.77. The highest BCUT2D eigenvalue weighted by atomic mass is 16.2. The molecule has 0 saturated heterocycles. The minimum Gasteiger partial charge on any atom is -0.397 e. The van der Waals surface area contributed by atoms with Crippen LogP contribution in [-0.2, 0) is 0 Å². The van der Waals surface area contributed by atoms with Gasteiger partial charge in [-0.25, -0.2) is 0 Å². The van der Waals surface area contributed by atoms with Gasteiger partial charge in [0.05, 0.1) is 23.0 Å². The van der Waals surface area contributed by atoms with Crippen molar-refractivity contribution in [3.05, 3.63) is 23.8 Å². The van der Waals surface area contributed by atoms with Crippen molar-refractivity contribution >= 4 is 11.4 Å². The highest BCUT2D eigenvalue weighted by Crippen LogP contribution is 2.19. The first kappa shape index (κ1) is 12.3. The summed E-state index contributed by atoms with van der Waals surface area (Å²) in [6, 6.07) is 7.27. The summed E-state index contributed by atoms with van der Waals surface area (Å²) in [4.78, 5) is 0. The van der Waals surface area contributed by atoms with Crippen molar-refractivity contribution in [2.75, 3.05) is 24.2 Å². The molecule has 1 aromatic carbocycles. The molecule has 0 radical (unpaired) electrons. The maximum absolute atomic E-state index is 8.68. The molecule has 86 valence electrons. The van der Waals surface area contributed by atoms with E-state index in [1.807, 2.05) is 12.1 Å². The van der Waals surface area contributed by atoms with E-state index in [0.29, 0.717) is 11.3 Å². The molecule has 1 aromatic rings. The summed E-state index contributed by atoms with van der Waals surface area (Å²) in [5.74, 6) is 0. The minimum absolute atomic E-state index is 0.249. The molecule has 0 unspecified atom stereocenters. The summed E-state index contributed by atoms with van der Waals surface area (Å²) in [5.41, 5.74) is 7.82. The van der Waals surface area contributed by atoms with Gasteiger partial charge in [-0.3, -0.25) is 0 Å².